The Balaban J connectivity index is 2.05. The monoisotopic (exact) mass is 267 g/mol. The minimum absolute atomic E-state index is 0.154. The fraction of sp³-hybridized carbons (Fsp3) is 0.938. The molecule has 2 rings (SSSR count). The van der Waals surface area contributed by atoms with Crippen molar-refractivity contribution < 1.29 is 9.90 Å². The van der Waals surface area contributed by atoms with E-state index in [1.165, 1.54) is 25.7 Å². The van der Waals surface area contributed by atoms with Crippen molar-refractivity contribution in [2.45, 2.75) is 70.9 Å². The van der Waals surface area contributed by atoms with Gasteiger partial charge in [0, 0.05) is 12.1 Å². The van der Waals surface area contributed by atoms with E-state index in [2.05, 4.69) is 25.8 Å². The van der Waals surface area contributed by atoms with E-state index >= 15 is 0 Å². The van der Waals surface area contributed by atoms with Crippen molar-refractivity contribution >= 4 is 5.97 Å². The van der Waals surface area contributed by atoms with E-state index in [0.29, 0.717) is 12.0 Å². The second-order valence-electron chi connectivity index (χ2n) is 7.02. The molecule has 0 aromatic rings. The minimum Gasteiger partial charge on any atom is -0.481 e. The Hall–Kier alpha value is -0.570. The number of nitrogens with zero attached hydrogens (tertiary/aromatic N) is 1. The molecule has 0 amide bonds. The molecule has 0 aromatic heterocycles. The Morgan fingerprint density at radius 2 is 1.74 bits per heavy atom. The van der Waals surface area contributed by atoms with Crippen molar-refractivity contribution in [3.05, 3.63) is 0 Å². The lowest BCUT2D eigenvalue weighted by atomic mass is 9.76. The second-order valence-corrected chi connectivity index (χ2v) is 7.02. The number of carboxylic acid groups (broad SMARTS) is 1. The Morgan fingerprint density at radius 3 is 2.37 bits per heavy atom. The number of carboxylic acids is 1. The zero-order chi connectivity index (χ0) is 14.0. The van der Waals surface area contributed by atoms with Crippen molar-refractivity contribution in [3.8, 4) is 0 Å². The fourth-order valence-corrected chi connectivity index (χ4v) is 4.13. The number of hydrogen-bond donors (Lipinski definition) is 1. The van der Waals surface area contributed by atoms with E-state index in [1.54, 1.807) is 0 Å². The first-order chi connectivity index (χ1) is 8.99. The molecule has 2 aliphatic rings. The van der Waals surface area contributed by atoms with Crippen LogP contribution >= 0.6 is 0 Å². The van der Waals surface area contributed by atoms with Crippen LogP contribution in [0.4, 0.5) is 0 Å². The number of hydrogen-bond acceptors (Lipinski definition) is 2. The molecule has 0 bridgehead atoms. The van der Waals surface area contributed by atoms with Crippen molar-refractivity contribution in [1.29, 1.82) is 0 Å². The molecular formula is C16H29NO2. The van der Waals surface area contributed by atoms with Crippen LogP contribution in [0.3, 0.4) is 0 Å². The van der Waals surface area contributed by atoms with Crippen LogP contribution in [-0.2, 0) is 4.79 Å². The fourth-order valence-electron chi connectivity index (χ4n) is 4.13. The maximum absolute atomic E-state index is 11.5. The third-order valence-corrected chi connectivity index (χ3v) is 5.40. The molecule has 0 aliphatic heterocycles. The molecule has 0 saturated heterocycles. The highest BCUT2D eigenvalue weighted by molar-refractivity contribution is 5.71. The summed E-state index contributed by atoms with van der Waals surface area (Å²) in [6, 6.07) is 0.845. The van der Waals surface area contributed by atoms with Crippen LogP contribution in [0.5, 0.6) is 0 Å². The smallest absolute Gasteiger partial charge is 0.308 e. The third kappa shape index (κ3) is 3.50. The summed E-state index contributed by atoms with van der Waals surface area (Å²) < 4.78 is 0. The van der Waals surface area contributed by atoms with Gasteiger partial charge in [-0.15, -0.1) is 0 Å². The normalized spacial score (nSPS) is 40.3. The van der Waals surface area contributed by atoms with Crippen molar-refractivity contribution in [3.63, 3.8) is 0 Å². The SMILES string of the molecule is CC1CCCC(N(C)C2CC(C)CCC2C(=O)O)C1. The number of rotatable bonds is 3. The summed E-state index contributed by atoms with van der Waals surface area (Å²) in [6.07, 6.45) is 8.12. The lowest BCUT2D eigenvalue weighted by Gasteiger charge is -2.44. The summed E-state index contributed by atoms with van der Waals surface area (Å²) in [5.41, 5.74) is 0. The molecule has 5 unspecified atom stereocenters. The molecule has 110 valence electrons. The van der Waals surface area contributed by atoms with E-state index in [-0.39, 0.29) is 12.0 Å². The van der Waals surface area contributed by atoms with Crippen LogP contribution in [0.2, 0.25) is 0 Å². The van der Waals surface area contributed by atoms with E-state index in [1.807, 2.05) is 0 Å². The first-order valence-corrected chi connectivity index (χ1v) is 7.93. The maximum atomic E-state index is 11.5. The molecule has 2 fully saturated rings. The van der Waals surface area contributed by atoms with Gasteiger partial charge < -0.3 is 5.11 Å². The summed E-state index contributed by atoms with van der Waals surface area (Å²) in [5.74, 6) is 0.723. The standard InChI is InChI=1S/C16H29NO2/c1-11-5-4-6-13(9-11)17(3)15-10-12(2)7-8-14(15)16(18)19/h11-15H,4-10H2,1-3H3,(H,18,19). The zero-order valence-corrected chi connectivity index (χ0v) is 12.6. The highest BCUT2D eigenvalue weighted by Crippen LogP contribution is 2.36. The summed E-state index contributed by atoms with van der Waals surface area (Å²) in [4.78, 5) is 13.9. The van der Waals surface area contributed by atoms with Crippen LogP contribution in [-0.4, -0.2) is 35.1 Å². The van der Waals surface area contributed by atoms with Gasteiger partial charge in [0.05, 0.1) is 5.92 Å². The molecular weight excluding hydrogens is 238 g/mol. The molecule has 0 radical (unpaired) electrons. The molecule has 3 heteroatoms. The Bertz CT molecular complexity index is 318. The minimum atomic E-state index is -0.590. The van der Waals surface area contributed by atoms with Crippen LogP contribution < -0.4 is 0 Å². The highest BCUT2D eigenvalue weighted by Gasteiger charge is 2.38. The van der Waals surface area contributed by atoms with Crippen molar-refractivity contribution in [2.24, 2.45) is 17.8 Å². The van der Waals surface area contributed by atoms with Crippen molar-refractivity contribution in [2.75, 3.05) is 7.05 Å². The maximum Gasteiger partial charge on any atom is 0.308 e. The molecule has 1 N–H and O–H groups in total. The van der Waals surface area contributed by atoms with Gasteiger partial charge in [0.15, 0.2) is 0 Å². The molecule has 5 atom stereocenters. The Morgan fingerprint density at radius 1 is 1.05 bits per heavy atom. The second kappa shape index (κ2) is 6.25. The van der Waals surface area contributed by atoms with Crippen LogP contribution in [0.25, 0.3) is 0 Å². The molecule has 2 saturated carbocycles. The van der Waals surface area contributed by atoms with Gasteiger partial charge in [-0.3, -0.25) is 9.69 Å². The van der Waals surface area contributed by atoms with E-state index in [0.717, 1.165) is 25.2 Å². The van der Waals surface area contributed by atoms with E-state index in [9.17, 15) is 9.90 Å². The predicted octanol–water partition coefficient (Wildman–Crippen LogP) is 3.39. The van der Waals surface area contributed by atoms with Crippen LogP contribution in [0, 0.1) is 17.8 Å². The quantitative estimate of drug-likeness (QED) is 0.852. The first-order valence-electron chi connectivity index (χ1n) is 7.93. The molecule has 0 spiro atoms. The van der Waals surface area contributed by atoms with E-state index < -0.39 is 5.97 Å². The average molecular weight is 267 g/mol. The average Bonchev–Trinajstić information content (AvgIpc) is 2.37. The summed E-state index contributed by atoms with van der Waals surface area (Å²) >= 11 is 0. The van der Waals surface area contributed by atoms with Gasteiger partial charge in [0.25, 0.3) is 0 Å². The van der Waals surface area contributed by atoms with Gasteiger partial charge in [-0.25, -0.2) is 0 Å². The van der Waals surface area contributed by atoms with Crippen LogP contribution in [0.1, 0.15) is 58.8 Å². The molecule has 3 nitrogen and oxygen atoms in total. The Kier molecular flexibility index (Phi) is 4.88. The summed E-state index contributed by atoms with van der Waals surface area (Å²) in [6.45, 7) is 4.60. The van der Waals surface area contributed by atoms with Gasteiger partial charge >= 0.3 is 5.97 Å². The number of aliphatic carboxylic acids is 1. The highest BCUT2D eigenvalue weighted by atomic mass is 16.4. The molecule has 19 heavy (non-hydrogen) atoms. The van der Waals surface area contributed by atoms with Gasteiger partial charge in [0.1, 0.15) is 0 Å². The van der Waals surface area contributed by atoms with Crippen LogP contribution in [0.15, 0.2) is 0 Å². The molecule has 2 aliphatic carbocycles. The summed E-state index contributed by atoms with van der Waals surface area (Å²) in [7, 11) is 2.17. The molecule has 0 aromatic carbocycles. The predicted molar refractivity (Wildman–Crippen MR) is 77.1 cm³/mol. The topological polar surface area (TPSA) is 40.5 Å². The lowest BCUT2D eigenvalue weighted by Crippen LogP contribution is -2.50. The molecule has 0 heterocycles. The van der Waals surface area contributed by atoms with E-state index in [4.69, 9.17) is 0 Å². The van der Waals surface area contributed by atoms with Gasteiger partial charge in [-0.1, -0.05) is 26.7 Å². The number of carbonyl (C=O) groups is 1. The summed E-state index contributed by atoms with van der Waals surface area (Å²) in [5, 5.41) is 9.47. The van der Waals surface area contributed by atoms with Gasteiger partial charge in [0.2, 0.25) is 0 Å². The Labute approximate surface area is 117 Å². The first kappa shape index (κ1) is 14.8. The zero-order valence-electron chi connectivity index (χ0n) is 12.6. The lowest BCUT2D eigenvalue weighted by molar-refractivity contribution is -0.146. The third-order valence-electron chi connectivity index (χ3n) is 5.40. The largest absolute Gasteiger partial charge is 0.481 e. The van der Waals surface area contributed by atoms with Gasteiger partial charge in [-0.05, 0) is 51.0 Å². The van der Waals surface area contributed by atoms with Crippen molar-refractivity contribution in [1.82, 2.24) is 4.90 Å². The van der Waals surface area contributed by atoms with Gasteiger partial charge in [-0.2, -0.15) is 0 Å².